The minimum absolute atomic E-state index is 0.0855. The van der Waals surface area contributed by atoms with E-state index in [0.29, 0.717) is 5.16 Å². The summed E-state index contributed by atoms with van der Waals surface area (Å²) in [5, 5.41) is 14.5. The smallest absolute Gasteiger partial charge is 0.234 e. The number of nitrogens with zero attached hydrogens (tertiary/aromatic N) is 4. The fourth-order valence-electron chi connectivity index (χ4n) is 4.09. The minimum atomic E-state index is -0.0855. The van der Waals surface area contributed by atoms with Crippen LogP contribution < -0.4 is 5.32 Å². The number of nitrogens with one attached hydrogen (secondary N) is 1. The molecule has 0 fully saturated rings. The zero-order valence-corrected chi connectivity index (χ0v) is 18.9. The quantitative estimate of drug-likeness (QED) is 0.362. The first-order valence-corrected chi connectivity index (χ1v) is 11.4. The molecule has 0 radical (unpaired) electrons. The van der Waals surface area contributed by atoms with E-state index in [1.165, 1.54) is 28.2 Å². The van der Waals surface area contributed by atoms with Crippen molar-refractivity contribution in [1.29, 1.82) is 0 Å². The Bertz CT molecular complexity index is 1450. The number of para-hydroxylation sites is 1. The summed E-state index contributed by atoms with van der Waals surface area (Å²) in [5.41, 5.74) is 4.06. The molecule has 0 aliphatic rings. The molecule has 3 aromatic heterocycles. The number of carbonyl (C=O) groups excluding carboxylic acids is 1. The lowest BCUT2D eigenvalue weighted by atomic mass is 10.1. The average Bonchev–Trinajstić information content (AvgIpc) is 3.47. The second kappa shape index (κ2) is 8.20. The lowest BCUT2D eigenvalue weighted by molar-refractivity contribution is -0.113. The van der Waals surface area contributed by atoms with Gasteiger partial charge in [0.05, 0.1) is 17.6 Å². The molecule has 0 aliphatic heterocycles. The fourth-order valence-corrected chi connectivity index (χ4v) is 4.80. The molecule has 0 spiro atoms. The number of anilines is 1. The third-order valence-corrected chi connectivity index (χ3v) is 6.66. The van der Waals surface area contributed by atoms with Crippen LogP contribution in [0, 0.1) is 6.92 Å². The summed E-state index contributed by atoms with van der Waals surface area (Å²) in [6.45, 7) is 4.92. The van der Waals surface area contributed by atoms with Crippen LogP contribution in [0.3, 0.4) is 0 Å². The first-order chi connectivity index (χ1) is 15.6. The Morgan fingerprint density at radius 3 is 2.69 bits per heavy atom. The van der Waals surface area contributed by atoms with Crippen molar-refractivity contribution >= 4 is 45.2 Å². The van der Waals surface area contributed by atoms with Gasteiger partial charge in [0.25, 0.3) is 0 Å². The first-order valence-electron chi connectivity index (χ1n) is 10.4. The molecule has 2 aromatic carbocycles. The van der Waals surface area contributed by atoms with E-state index in [9.17, 15) is 4.79 Å². The van der Waals surface area contributed by atoms with E-state index in [0.717, 1.165) is 34.8 Å². The summed E-state index contributed by atoms with van der Waals surface area (Å²) in [6, 6.07) is 16.3. The molecule has 3 heterocycles. The van der Waals surface area contributed by atoms with E-state index in [1.54, 1.807) is 6.26 Å². The highest BCUT2D eigenvalue weighted by Crippen LogP contribution is 2.31. The van der Waals surface area contributed by atoms with Gasteiger partial charge in [-0.2, -0.15) is 0 Å². The largest absolute Gasteiger partial charge is 0.469 e. The third-order valence-electron chi connectivity index (χ3n) is 5.64. The normalized spacial score (nSPS) is 11.5. The predicted molar refractivity (Wildman–Crippen MR) is 128 cm³/mol. The Hall–Kier alpha value is -3.52. The number of rotatable bonds is 6. The SMILES string of the molecule is CCn1c2ccccc2c2cc(NC(=O)CSc3nnc(-c4ccoc4C)n3C)ccc21. The van der Waals surface area contributed by atoms with Crippen LogP contribution in [0.1, 0.15) is 12.7 Å². The summed E-state index contributed by atoms with van der Waals surface area (Å²) in [6.07, 6.45) is 1.63. The Morgan fingerprint density at radius 2 is 1.91 bits per heavy atom. The highest BCUT2D eigenvalue weighted by atomic mass is 32.2. The van der Waals surface area contributed by atoms with Gasteiger partial charge in [0.15, 0.2) is 11.0 Å². The number of carbonyl (C=O) groups is 1. The second-order valence-corrected chi connectivity index (χ2v) is 8.53. The monoisotopic (exact) mass is 445 g/mol. The van der Waals surface area contributed by atoms with Crippen molar-refractivity contribution < 1.29 is 9.21 Å². The molecule has 0 unspecified atom stereocenters. The van der Waals surface area contributed by atoms with Gasteiger partial charge in [-0.15, -0.1) is 10.2 Å². The molecule has 0 atom stereocenters. The number of aryl methyl sites for hydroxylation is 2. The number of fused-ring (bicyclic) bond motifs is 3. The van der Waals surface area contributed by atoms with Crippen LogP contribution in [0.15, 0.2) is 64.4 Å². The highest BCUT2D eigenvalue weighted by molar-refractivity contribution is 7.99. The Kier molecular flexibility index (Phi) is 5.22. The molecule has 0 aliphatic carbocycles. The third kappa shape index (κ3) is 3.46. The summed E-state index contributed by atoms with van der Waals surface area (Å²) in [4.78, 5) is 12.6. The van der Waals surface area contributed by atoms with Gasteiger partial charge in [-0.25, -0.2) is 0 Å². The summed E-state index contributed by atoms with van der Waals surface area (Å²) < 4.78 is 9.53. The topological polar surface area (TPSA) is 77.9 Å². The number of thioether (sulfide) groups is 1. The summed E-state index contributed by atoms with van der Waals surface area (Å²) in [5.74, 6) is 1.66. The van der Waals surface area contributed by atoms with Crippen molar-refractivity contribution in [1.82, 2.24) is 19.3 Å². The van der Waals surface area contributed by atoms with Gasteiger partial charge < -0.3 is 18.9 Å². The molecule has 5 aromatic rings. The van der Waals surface area contributed by atoms with Crippen LogP contribution in [0.4, 0.5) is 5.69 Å². The van der Waals surface area contributed by atoms with Crippen LogP contribution in [0.25, 0.3) is 33.2 Å². The molecular weight excluding hydrogens is 422 g/mol. The van der Waals surface area contributed by atoms with Crippen molar-refractivity contribution in [2.24, 2.45) is 7.05 Å². The Morgan fingerprint density at radius 1 is 1.09 bits per heavy atom. The number of hydrogen-bond donors (Lipinski definition) is 1. The maximum absolute atomic E-state index is 12.6. The van der Waals surface area contributed by atoms with Crippen LogP contribution in [0.5, 0.6) is 0 Å². The van der Waals surface area contributed by atoms with Crippen molar-refractivity contribution in [2.45, 2.75) is 25.5 Å². The molecule has 1 amide bonds. The van der Waals surface area contributed by atoms with E-state index >= 15 is 0 Å². The van der Waals surface area contributed by atoms with Gasteiger partial charge in [0, 0.05) is 41.1 Å². The Balaban J connectivity index is 1.32. The molecular formula is C24H23N5O2S. The van der Waals surface area contributed by atoms with E-state index in [-0.39, 0.29) is 11.7 Å². The number of amides is 1. The standard InChI is InChI=1S/C24H23N5O2S/c1-4-29-20-8-6-5-7-18(20)19-13-16(9-10-21(19)29)25-22(30)14-32-24-27-26-23(28(24)3)17-11-12-31-15(17)2/h5-13H,4,14H2,1-3H3,(H,25,30). The molecule has 1 N–H and O–H groups in total. The van der Waals surface area contributed by atoms with Crippen LogP contribution in [-0.2, 0) is 18.4 Å². The lowest BCUT2D eigenvalue weighted by Crippen LogP contribution is -2.14. The summed E-state index contributed by atoms with van der Waals surface area (Å²) >= 11 is 1.35. The number of benzene rings is 2. The lowest BCUT2D eigenvalue weighted by Gasteiger charge is -2.07. The maximum atomic E-state index is 12.6. The molecule has 0 saturated heterocycles. The Labute approximate surface area is 189 Å². The molecule has 0 saturated carbocycles. The van der Waals surface area contributed by atoms with E-state index in [2.05, 4.69) is 57.3 Å². The van der Waals surface area contributed by atoms with E-state index in [4.69, 9.17) is 4.42 Å². The van der Waals surface area contributed by atoms with Crippen LogP contribution >= 0.6 is 11.8 Å². The van der Waals surface area contributed by atoms with Gasteiger partial charge in [-0.1, -0.05) is 30.0 Å². The van der Waals surface area contributed by atoms with Crippen molar-refractivity contribution in [3.05, 3.63) is 60.6 Å². The van der Waals surface area contributed by atoms with E-state index < -0.39 is 0 Å². The van der Waals surface area contributed by atoms with Crippen LogP contribution in [-0.4, -0.2) is 31.0 Å². The van der Waals surface area contributed by atoms with Crippen molar-refractivity contribution in [3.8, 4) is 11.4 Å². The number of furan rings is 1. The molecule has 0 bridgehead atoms. The zero-order valence-electron chi connectivity index (χ0n) is 18.1. The number of aromatic nitrogens is 4. The predicted octanol–water partition coefficient (Wildman–Crippen LogP) is 5.24. The first kappa shape index (κ1) is 20.4. The number of hydrogen-bond acceptors (Lipinski definition) is 5. The molecule has 8 heteroatoms. The van der Waals surface area contributed by atoms with Crippen molar-refractivity contribution in [3.63, 3.8) is 0 Å². The fraction of sp³-hybridized carbons (Fsp3) is 0.208. The van der Waals surface area contributed by atoms with Gasteiger partial charge in [-0.05, 0) is 44.2 Å². The van der Waals surface area contributed by atoms with E-state index in [1.807, 2.05) is 36.7 Å². The highest BCUT2D eigenvalue weighted by Gasteiger charge is 2.16. The average molecular weight is 446 g/mol. The minimum Gasteiger partial charge on any atom is -0.469 e. The molecule has 7 nitrogen and oxygen atoms in total. The molecule has 32 heavy (non-hydrogen) atoms. The van der Waals surface area contributed by atoms with Gasteiger partial charge in [0.2, 0.25) is 5.91 Å². The summed E-state index contributed by atoms with van der Waals surface area (Å²) in [7, 11) is 1.89. The van der Waals surface area contributed by atoms with Gasteiger partial charge in [-0.3, -0.25) is 4.79 Å². The van der Waals surface area contributed by atoms with Crippen LogP contribution in [0.2, 0.25) is 0 Å². The molecule has 5 rings (SSSR count). The van der Waals surface area contributed by atoms with Gasteiger partial charge in [0.1, 0.15) is 5.76 Å². The maximum Gasteiger partial charge on any atom is 0.234 e. The second-order valence-electron chi connectivity index (χ2n) is 7.59. The zero-order chi connectivity index (χ0) is 22.2. The van der Waals surface area contributed by atoms with Gasteiger partial charge >= 0.3 is 0 Å². The molecule has 162 valence electrons. The van der Waals surface area contributed by atoms with Crippen molar-refractivity contribution in [2.75, 3.05) is 11.1 Å².